The summed E-state index contributed by atoms with van der Waals surface area (Å²) in [7, 11) is 0. The third-order valence-corrected chi connectivity index (χ3v) is 5.85. The highest BCUT2D eigenvalue weighted by molar-refractivity contribution is 5.93. The van der Waals surface area contributed by atoms with Crippen molar-refractivity contribution in [2.45, 2.75) is 27.3 Å². The van der Waals surface area contributed by atoms with E-state index in [-0.39, 0.29) is 5.91 Å². The number of nitrogens with one attached hydrogen (secondary N) is 1. The van der Waals surface area contributed by atoms with Crippen LogP contribution >= 0.6 is 0 Å². The zero-order valence-corrected chi connectivity index (χ0v) is 18.1. The molecule has 0 atom stereocenters. The van der Waals surface area contributed by atoms with Gasteiger partial charge in [-0.2, -0.15) is 0 Å². The molecule has 1 aliphatic heterocycles. The maximum absolute atomic E-state index is 12.6. The molecular formula is C25H30N4O. The lowest BCUT2D eigenvalue weighted by molar-refractivity contribution is -0.117. The number of hydrogen-bond donors (Lipinski definition) is 1. The van der Waals surface area contributed by atoms with E-state index in [2.05, 4.69) is 77.3 Å². The molecule has 0 spiro atoms. The molecule has 1 fully saturated rings. The average Bonchev–Trinajstić information content (AvgIpc) is 2.72. The van der Waals surface area contributed by atoms with Gasteiger partial charge >= 0.3 is 0 Å². The normalized spacial score (nSPS) is 15.4. The van der Waals surface area contributed by atoms with Crippen LogP contribution in [-0.4, -0.2) is 53.4 Å². The number of fused-ring (bicyclic) bond motifs is 1. The van der Waals surface area contributed by atoms with Gasteiger partial charge in [-0.15, -0.1) is 0 Å². The molecule has 0 unspecified atom stereocenters. The summed E-state index contributed by atoms with van der Waals surface area (Å²) in [5.41, 5.74) is 6.77. The first-order valence-electron chi connectivity index (χ1n) is 10.6. The van der Waals surface area contributed by atoms with Gasteiger partial charge in [0.05, 0.1) is 12.1 Å². The zero-order valence-electron chi connectivity index (χ0n) is 18.1. The van der Waals surface area contributed by atoms with E-state index in [0.717, 1.165) is 55.1 Å². The maximum Gasteiger partial charge on any atom is 0.238 e. The van der Waals surface area contributed by atoms with Crippen molar-refractivity contribution >= 4 is 22.5 Å². The second-order valence-electron chi connectivity index (χ2n) is 8.40. The lowest BCUT2D eigenvalue weighted by Gasteiger charge is -2.34. The lowest BCUT2D eigenvalue weighted by atomic mass is 10.1. The number of aromatic nitrogens is 1. The molecule has 0 radical (unpaired) electrons. The van der Waals surface area contributed by atoms with E-state index < -0.39 is 0 Å². The quantitative estimate of drug-likeness (QED) is 0.703. The van der Waals surface area contributed by atoms with Crippen molar-refractivity contribution < 1.29 is 4.79 Å². The topological polar surface area (TPSA) is 48.5 Å². The number of carbonyl (C=O) groups is 1. The Morgan fingerprint density at radius 3 is 2.40 bits per heavy atom. The number of anilines is 1. The molecular weight excluding hydrogens is 372 g/mol. The van der Waals surface area contributed by atoms with Crippen LogP contribution < -0.4 is 5.32 Å². The Bertz CT molecular complexity index is 1030. The fourth-order valence-corrected chi connectivity index (χ4v) is 4.35. The van der Waals surface area contributed by atoms with Gasteiger partial charge in [-0.1, -0.05) is 29.8 Å². The molecule has 4 rings (SSSR count). The number of piperazine rings is 1. The van der Waals surface area contributed by atoms with Gasteiger partial charge in [-0.3, -0.25) is 19.6 Å². The van der Waals surface area contributed by atoms with E-state index in [9.17, 15) is 4.79 Å². The zero-order chi connectivity index (χ0) is 21.1. The minimum Gasteiger partial charge on any atom is -0.324 e. The molecule has 1 aromatic heterocycles. The van der Waals surface area contributed by atoms with Gasteiger partial charge in [0.2, 0.25) is 5.91 Å². The van der Waals surface area contributed by atoms with Crippen molar-refractivity contribution in [2.75, 3.05) is 38.0 Å². The van der Waals surface area contributed by atoms with Crippen molar-refractivity contribution in [1.82, 2.24) is 14.8 Å². The number of benzene rings is 2. The number of amides is 1. The highest BCUT2D eigenvalue weighted by Crippen LogP contribution is 2.22. The van der Waals surface area contributed by atoms with E-state index in [1.165, 1.54) is 16.5 Å². The summed E-state index contributed by atoms with van der Waals surface area (Å²) in [6, 6.07) is 14.8. The molecule has 1 saturated heterocycles. The van der Waals surface area contributed by atoms with Gasteiger partial charge in [-0.25, -0.2) is 0 Å². The SMILES string of the molecule is Cc1cc(C)c(NC(=O)CN2CCN(Cc3ccc4ncccc4c3)CC2)c(C)c1. The number of nitrogens with zero attached hydrogens (tertiary/aromatic N) is 3. The van der Waals surface area contributed by atoms with Crippen LogP contribution in [-0.2, 0) is 11.3 Å². The van der Waals surface area contributed by atoms with Crippen molar-refractivity contribution in [1.29, 1.82) is 0 Å². The fourth-order valence-electron chi connectivity index (χ4n) is 4.35. The molecule has 156 valence electrons. The highest BCUT2D eigenvalue weighted by Gasteiger charge is 2.20. The first-order valence-corrected chi connectivity index (χ1v) is 10.6. The van der Waals surface area contributed by atoms with Crippen LogP contribution in [0.25, 0.3) is 10.9 Å². The van der Waals surface area contributed by atoms with Gasteiger partial charge < -0.3 is 5.32 Å². The molecule has 5 nitrogen and oxygen atoms in total. The smallest absolute Gasteiger partial charge is 0.238 e. The Balaban J connectivity index is 1.28. The van der Waals surface area contributed by atoms with Crippen molar-refractivity contribution in [3.8, 4) is 0 Å². The Morgan fingerprint density at radius 2 is 1.67 bits per heavy atom. The molecule has 1 aliphatic rings. The first-order chi connectivity index (χ1) is 14.5. The number of hydrogen-bond acceptors (Lipinski definition) is 4. The van der Waals surface area contributed by atoms with E-state index in [0.29, 0.717) is 6.54 Å². The second kappa shape index (κ2) is 8.94. The number of carbonyl (C=O) groups excluding carboxylic acids is 1. The van der Waals surface area contributed by atoms with Crippen LogP contribution in [0.4, 0.5) is 5.69 Å². The summed E-state index contributed by atoms with van der Waals surface area (Å²) in [6.07, 6.45) is 1.83. The number of aryl methyl sites for hydroxylation is 3. The largest absolute Gasteiger partial charge is 0.324 e. The van der Waals surface area contributed by atoms with Crippen LogP contribution in [0, 0.1) is 20.8 Å². The van der Waals surface area contributed by atoms with Gasteiger partial charge in [0.15, 0.2) is 0 Å². The highest BCUT2D eigenvalue weighted by atomic mass is 16.2. The predicted molar refractivity (Wildman–Crippen MR) is 123 cm³/mol. The van der Waals surface area contributed by atoms with Crippen molar-refractivity contribution in [3.05, 3.63) is 70.9 Å². The van der Waals surface area contributed by atoms with E-state index >= 15 is 0 Å². The molecule has 0 bridgehead atoms. The maximum atomic E-state index is 12.6. The minimum absolute atomic E-state index is 0.0699. The predicted octanol–water partition coefficient (Wildman–Crippen LogP) is 3.92. The third kappa shape index (κ3) is 4.86. The summed E-state index contributed by atoms with van der Waals surface area (Å²) in [5.74, 6) is 0.0699. The monoisotopic (exact) mass is 402 g/mol. The molecule has 1 amide bonds. The molecule has 30 heavy (non-hydrogen) atoms. The standard InChI is InChI=1S/C25H30N4O/c1-18-13-19(2)25(20(3)14-18)27-24(30)17-29-11-9-28(10-12-29)16-21-6-7-23-22(15-21)5-4-8-26-23/h4-8,13-15H,9-12,16-17H2,1-3H3,(H,27,30). The van der Waals surface area contributed by atoms with Crippen LogP contribution in [0.3, 0.4) is 0 Å². The van der Waals surface area contributed by atoms with Gasteiger partial charge in [0.25, 0.3) is 0 Å². The molecule has 0 aliphatic carbocycles. The molecule has 3 aromatic rings. The van der Waals surface area contributed by atoms with E-state index in [4.69, 9.17) is 0 Å². The fraction of sp³-hybridized carbons (Fsp3) is 0.360. The van der Waals surface area contributed by atoms with Crippen LogP contribution in [0.2, 0.25) is 0 Å². The Labute approximate surface area is 178 Å². The number of pyridine rings is 1. The second-order valence-corrected chi connectivity index (χ2v) is 8.40. The molecule has 1 N–H and O–H groups in total. The van der Waals surface area contributed by atoms with Crippen LogP contribution in [0.5, 0.6) is 0 Å². The summed E-state index contributed by atoms with van der Waals surface area (Å²) < 4.78 is 0. The molecule has 0 saturated carbocycles. The van der Waals surface area contributed by atoms with Crippen LogP contribution in [0.15, 0.2) is 48.7 Å². The minimum atomic E-state index is 0.0699. The van der Waals surface area contributed by atoms with Crippen molar-refractivity contribution in [2.24, 2.45) is 0 Å². The summed E-state index contributed by atoms with van der Waals surface area (Å²) in [6.45, 7) is 11.3. The van der Waals surface area contributed by atoms with Gasteiger partial charge in [-0.05, 0) is 55.7 Å². The van der Waals surface area contributed by atoms with Gasteiger partial charge in [0, 0.05) is 50.0 Å². The third-order valence-electron chi connectivity index (χ3n) is 5.85. The lowest BCUT2D eigenvalue weighted by Crippen LogP contribution is -2.48. The van der Waals surface area contributed by atoms with Gasteiger partial charge in [0.1, 0.15) is 0 Å². The molecule has 2 aromatic carbocycles. The summed E-state index contributed by atoms with van der Waals surface area (Å²) >= 11 is 0. The average molecular weight is 403 g/mol. The molecule has 2 heterocycles. The van der Waals surface area contributed by atoms with Crippen LogP contribution in [0.1, 0.15) is 22.3 Å². The Kier molecular flexibility index (Phi) is 6.11. The summed E-state index contributed by atoms with van der Waals surface area (Å²) in [5, 5.41) is 4.31. The number of rotatable bonds is 5. The van der Waals surface area contributed by atoms with Crippen molar-refractivity contribution in [3.63, 3.8) is 0 Å². The Hall–Kier alpha value is -2.76. The molecule has 5 heteroatoms. The van der Waals surface area contributed by atoms with E-state index in [1.54, 1.807) is 0 Å². The Morgan fingerprint density at radius 1 is 0.967 bits per heavy atom. The first kappa shape index (κ1) is 20.5. The summed E-state index contributed by atoms with van der Waals surface area (Å²) in [4.78, 5) is 21.7. The van der Waals surface area contributed by atoms with E-state index in [1.807, 2.05) is 12.3 Å².